The van der Waals surface area contributed by atoms with E-state index in [0.29, 0.717) is 0 Å². The van der Waals surface area contributed by atoms with E-state index in [1.54, 1.807) is 13.8 Å². The Labute approximate surface area is 169 Å². The quantitative estimate of drug-likeness (QED) is 0.437. The molecular formula is C19H20F3N3O5. The lowest BCUT2D eigenvalue weighted by molar-refractivity contribution is -0.384. The van der Waals surface area contributed by atoms with Crippen molar-refractivity contribution in [1.29, 1.82) is 0 Å². The monoisotopic (exact) mass is 427 g/mol. The number of alkyl halides is 3. The van der Waals surface area contributed by atoms with E-state index in [2.05, 4.69) is 15.4 Å². The van der Waals surface area contributed by atoms with Crippen molar-refractivity contribution in [2.75, 3.05) is 11.9 Å². The molecule has 0 saturated carbocycles. The molecule has 0 saturated heterocycles. The van der Waals surface area contributed by atoms with E-state index in [1.165, 1.54) is 24.3 Å². The molecule has 0 heterocycles. The van der Waals surface area contributed by atoms with Crippen LogP contribution in [-0.2, 0) is 0 Å². The van der Waals surface area contributed by atoms with Crippen molar-refractivity contribution in [1.82, 2.24) is 5.32 Å². The number of amides is 1. The largest absolute Gasteiger partial charge is 0.573 e. The summed E-state index contributed by atoms with van der Waals surface area (Å²) in [6.07, 6.45) is -5.98. The van der Waals surface area contributed by atoms with Crippen molar-refractivity contribution in [3.05, 3.63) is 63.7 Å². The molecule has 11 heteroatoms. The van der Waals surface area contributed by atoms with Crippen LogP contribution in [0.1, 0.15) is 35.9 Å². The highest BCUT2D eigenvalue weighted by atomic mass is 19.4. The molecular weight excluding hydrogens is 407 g/mol. The number of nitro benzene ring substituents is 1. The predicted molar refractivity (Wildman–Crippen MR) is 102 cm³/mol. The Morgan fingerprint density at radius 2 is 1.83 bits per heavy atom. The molecule has 30 heavy (non-hydrogen) atoms. The SMILES string of the molecule is CC(C)NC(=O)c1ccc(NCC(O)c2ccc(OC(F)(F)F)cc2)c([N+](=O)[O-])c1. The third-order valence-corrected chi connectivity index (χ3v) is 3.86. The number of carbonyl (C=O) groups excluding carboxylic acids is 1. The van der Waals surface area contributed by atoms with E-state index in [-0.39, 0.29) is 35.1 Å². The van der Waals surface area contributed by atoms with Gasteiger partial charge in [0.1, 0.15) is 11.4 Å². The number of aliphatic hydroxyl groups excluding tert-OH is 1. The van der Waals surface area contributed by atoms with Crippen LogP contribution in [0.3, 0.4) is 0 Å². The number of halogens is 3. The first kappa shape index (κ1) is 22.9. The molecule has 0 bridgehead atoms. The molecule has 0 aliphatic rings. The van der Waals surface area contributed by atoms with Gasteiger partial charge in [-0.3, -0.25) is 14.9 Å². The Kier molecular flexibility index (Phi) is 7.22. The van der Waals surface area contributed by atoms with Gasteiger partial charge in [0, 0.05) is 24.2 Å². The molecule has 0 aliphatic carbocycles. The molecule has 2 rings (SSSR count). The molecule has 0 aromatic heterocycles. The van der Waals surface area contributed by atoms with E-state index in [9.17, 15) is 33.2 Å². The van der Waals surface area contributed by atoms with Crippen LogP contribution in [0.4, 0.5) is 24.5 Å². The summed E-state index contributed by atoms with van der Waals surface area (Å²) in [5.74, 6) is -0.891. The minimum atomic E-state index is -4.82. The van der Waals surface area contributed by atoms with Crippen molar-refractivity contribution < 1.29 is 32.7 Å². The van der Waals surface area contributed by atoms with Crippen LogP contribution >= 0.6 is 0 Å². The summed E-state index contributed by atoms with van der Waals surface area (Å²) in [5, 5.41) is 26.9. The summed E-state index contributed by atoms with van der Waals surface area (Å²) in [6, 6.07) is 8.34. The second-order valence-corrected chi connectivity index (χ2v) is 6.63. The first-order chi connectivity index (χ1) is 14.0. The van der Waals surface area contributed by atoms with Gasteiger partial charge in [0.05, 0.1) is 11.0 Å². The standard InChI is InChI=1S/C19H20F3N3O5/c1-11(2)24-18(27)13-5-8-15(16(9-13)25(28)29)23-10-17(26)12-3-6-14(7-4-12)30-19(20,21)22/h3-9,11,17,23,26H,10H2,1-2H3,(H,24,27). The molecule has 0 radical (unpaired) electrons. The zero-order valence-electron chi connectivity index (χ0n) is 16.1. The molecule has 3 N–H and O–H groups in total. The number of hydrogen-bond donors (Lipinski definition) is 3. The highest BCUT2D eigenvalue weighted by molar-refractivity contribution is 5.95. The molecule has 0 spiro atoms. The van der Waals surface area contributed by atoms with Crippen LogP contribution in [-0.4, -0.2) is 34.9 Å². The zero-order valence-corrected chi connectivity index (χ0v) is 16.1. The first-order valence-corrected chi connectivity index (χ1v) is 8.83. The van der Waals surface area contributed by atoms with Gasteiger partial charge in [-0.1, -0.05) is 12.1 Å². The molecule has 1 atom stereocenters. The fourth-order valence-electron chi connectivity index (χ4n) is 2.54. The van der Waals surface area contributed by atoms with Crippen molar-refractivity contribution in [2.45, 2.75) is 32.4 Å². The molecule has 1 amide bonds. The maximum absolute atomic E-state index is 12.2. The number of carbonyl (C=O) groups is 1. The topological polar surface area (TPSA) is 114 Å². The number of nitrogens with zero attached hydrogens (tertiary/aromatic N) is 1. The minimum Gasteiger partial charge on any atom is -0.406 e. The van der Waals surface area contributed by atoms with Crippen LogP contribution in [0, 0.1) is 10.1 Å². The fourth-order valence-corrected chi connectivity index (χ4v) is 2.54. The maximum atomic E-state index is 12.2. The van der Waals surface area contributed by atoms with Gasteiger partial charge in [0.25, 0.3) is 11.6 Å². The smallest absolute Gasteiger partial charge is 0.406 e. The van der Waals surface area contributed by atoms with Crippen molar-refractivity contribution in [3.63, 3.8) is 0 Å². The summed E-state index contributed by atoms with van der Waals surface area (Å²) >= 11 is 0. The van der Waals surface area contributed by atoms with Gasteiger partial charge < -0.3 is 20.5 Å². The Hall–Kier alpha value is -3.34. The molecule has 2 aromatic rings. The van der Waals surface area contributed by atoms with Gasteiger partial charge in [-0.15, -0.1) is 13.2 Å². The predicted octanol–water partition coefficient (Wildman–Crippen LogP) is 3.78. The van der Waals surface area contributed by atoms with Crippen molar-refractivity contribution in [3.8, 4) is 5.75 Å². The van der Waals surface area contributed by atoms with E-state index in [0.717, 1.165) is 18.2 Å². The maximum Gasteiger partial charge on any atom is 0.573 e. The van der Waals surface area contributed by atoms with E-state index >= 15 is 0 Å². The van der Waals surface area contributed by atoms with Gasteiger partial charge in [0.15, 0.2) is 0 Å². The van der Waals surface area contributed by atoms with Crippen LogP contribution < -0.4 is 15.4 Å². The summed E-state index contributed by atoms with van der Waals surface area (Å²) in [7, 11) is 0. The second-order valence-electron chi connectivity index (χ2n) is 6.63. The van der Waals surface area contributed by atoms with Gasteiger partial charge in [-0.05, 0) is 43.7 Å². The number of anilines is 1. The normalized spacial score (nSPS) is 12.4. The van der Waals surface area contributed by atoms with Crippen molar-refractivity contribution in [2.24, 2.45) is 0 Å². The van der Waals surface area contributed by atoms with Crippen LogP contribution in [0.25, 0.3) is 0 Å². The number of nitrogens with one attached hydrogen (secondary N) is 2. The van der Waals surface area contributed by atoms with Crippen LogP contribution in [0.5, 0.6) is 5.75 Å². The van der Waals surface area contributed by atoms with Crippen LogP contribution in [0.15, 0.2) is 42.5 Å². The van der Waals surface area contributed by atoms with Crippen molar-refractivity contribution >= 4 is 17.3 Å². The fraction of sp³-hybridized carbons (Fsp3) is 0.316. The molecule has 8 nitrogen and oxygen atoms in total. The molecule has 162 valence electrons. The Bertz CT molecular complexity index is 901. The number of ether oxygens (including phenoxy) is 1. The molecule has 0 fully saturated rings. The molecule has 0 aliphatic heterocycles. The summed E-state index contributed by atoms with van der Waals surface area (Å²) in [6.45, 7) is 3.36. The number of nitro groups is 1. The average molecular weight is 427 g/mol. The number of hydrogen-bond acceptors (Lipinski definition) is 6. The Morgan fingerprint density at radius 3 is 2.37 bits per heavy atom. The Balaban J connectivity index is 2.08. The van der Waals surface area contributed by atoms with Gasteiger partial charge in [-0.25, -0.2) is 0 Å². The lowest BCUT2D eigenvalue weighted by Gasteiger charge is -2.15. The highest BCUT2D eigenvalue weighted by Crippen LogP contribution is 2.28. The second kappa shape index (κ2) is 9.44. The van der Waals surface area contributed by atoms with E-state index in [4.69, 9.17) is 0 Å². The zero-order chi connectivity index (χ0) is 22.5. The van der Waals surface area contributed by atoms with E-state index < -0.39 is 29.0 Å². The number of benzene rings is 2. The third-order valence-electron chi connectivity index (χ3n) is 3.86. The average Bonchev–Trinajstić information content (AvgIpc) is 2.64. The molecule has 2 aromatic carbocycles. The van der Waals surface area contributed by atoms with E-state index in [1.807, 2.05) is 0 Å². The number of rotatable bonds is 8. The minimum absolute atomic E-state index is 0.0807. The lowest BCUT2D eigenvalue weighted by atomic mass is 10.1. The molecule has 1 unspecified atom stereocenters. The third kappa shape index (κ3) is 6.62. The first-order valence-electron chi connectivity index (χ1n) is 8.83. The Morgan fingerprint density at radius 1 is 1.20 bits per heavy atom. The van der Waals surface area contributed by atoms with Gasteiger partial charge >= 0.3 is 6.36 Å². The number of aliphatic hydroxyl groups is 1. The highest BCUT2D eigenvalue weighted by Gasteiger charge is 2.31. The lowest BCUT2D eigenvalue weighted by Crippen LogP contribution is -2.30. The summed E-state index contributed by atoms with van der Waals surface area (Å²) in [5.41, 5.74) is 0.124. The summed E-state index contributed by atoms with van der Waals surface area (Å²) in [4.78, 5) is 22.7. The van der Waals surface area contributed by atoms with Gasteiger partial charge in [-0.2, -0.15) is 0 Å². The van der Waals surface area contributed by atoms with Gasteiger partial charge in [0.2, 0.25) is 0 Å². The summed E-state index contributed by atoms with van der Waals surface area (Å²) < 4.78 is 40.3. The van der Waals surface area contributed by atoms with Crippen LogP contribution in [0.2, 0.25) is 0 Å².